The van der Waals surface area contributed by atoms with Crippen molar-refractivity contribution in [1.29, 1.82) is 0 Å². The molecule has 1 saturated heterocycles. The van der Waals surface area contributed by atoms with Gasteiger partial charge in [0.2, 0.25) is 0 Å². The minimum atomic E-state index is -1.24. The highest BCUT2D eigenvalue weighted by Gasteiger charge is 2.54. The molecular formula is C15H14ClN5O5S2. The number of oxime groups is 1. The second-order valence-corrected chi connectivity index (χ2v) is 7.77. The van der Waals surface area contributed by atoms with Gasteiger partial charge in [-0.2, -0.15) is 0 Å². The van der Waals surface area contributed by atoms with E-state index in [1.807, 2.05) is 0 Å². The number of halogens is 1. The van der Waals surface area contributed by atoms with E-state index >= 15 is 0 Å². The van der Waals surface area contributed by atoms with Crippen LogP contribution in [0.4, 0.5) is 5.13 Å². The van der Waals surface area contributed by atoms with Gasteiger partial charge >= 0.3 is 5.97 Å². The first kappa shape index (κ1) is 20.2. The highest BCUT2D eigenvalue weighted by atomic mass is 35.5. The Morgan fingerprint density at radius 2 is 2.32 bits per heavy atom. The zero-order valence-electron chi connectivity index (χ0n) is 14.3. The van der Waals surface area contributed by atoms with Crippen LogP contribution in [0.5, 0.6) is 0 Å². The maximum atomic E-state index is 12.6. The summed E-state index contributed by atoms with van der Waals surface area (Å²) in [5, 5.41) is 16.9. The van der Waals surface area contributed by atoms with E-state index in [1.54, 1.807) is 0 Å². The summed E-state index contributed by atoms with van der Waals surface area (Å²) in [6.07, 6.45) is 1.43. The molecule has 3 rings (SSSR count). The number of anilines is 1. The number of aliphatic carboxylic acids is 1. The number of aromatic nitrogens is 1. The number of amides is 2. The number of carboxylic acid groups (broad SMARTS) is 1. The molecule has 2 amide bonds. The SMILES string of the molecule is CO/N=C(\C(=O)NC1C(=O)N2C(C(=O)O)=C(/C=C/Cl)CS[C@H]12)c1csc(N)n1. The van der Waals surface area contributed by atoms with Crippen molar-refractivity contribution in [2.75, 3.05) is 18.6 Å². The highest BCUT2D eigenvalue weighted by Crippen LogP contribution is 2.40. The number of nitrogens with one attached hydrogen (secondary N) is 1. The Labute approximate surface area is 172 Å². The van der Waals surface area contributed by atoms with Gasteiger partial charge in [0.1, 0.15) is 29.9 Å². The summed E-state index contributed by atoms with van der Waals surface area (Å²) in [6.45, 7) is 0. The number of β-lactam (4-membered cyclic amide) rings is 1. The van der Waals surface area contributed by atoms with Crippen LogP contribution in [0.1, 0.15) is 5.69 Å². The van der Waals surface area contributed by atoms with Crippen LogP contribution in [-0.2, 0) is 19.2 Å². The average Bonchev–Trinajstić information content (AvgIpc) is 3.09. The van der Waals surface area contributed by atoms with Crippen LogP contribution in [0.15, 0.2) is 33.4 Å². The fraction of sp³-hybridized carbons (Fsp3) is 0.267. The molecule has 28 heavy (non-hydrogen) atoms. The van der Waals surface area contributed by atoms with Crippen molar-refractivity contribution in [1.82, 2.24) is 15.2 Å². The van der Waals surface area contributed by atoms with Crippen molar-refractivity contribution < 1.29 is 24.3 Å². The maximum Gasteiger partial charge on any atom is 0.352 e. The molecule has 2 aliphatic heterocycles. The second kappa shape index (κ2) is 8.20. The van der Waals surface area contributed by atoms with E-state index in [9.17, 15) is 19.5 Å². The molecule has 0 saturated carbocycles. The first-order valence-electron chi connectivity index (χ1n) is 7.70. The van der Waals surface area contributed by atoms with Crippen LogP contribution < -0.4 is 11.1 Å². The lowest BCUT2D eigenvalue weighted by molar-refractivity contribution is -0.150. The maximum absolute atomic E-state index is 12.6. The summed E-state index contributed by atoms with van der Waals surface area (Å²) in [5.74, 6) is -2.14. The standard InChI is InChI=1S/C15H14ClN5O5S2/c1-26-20-8(7-5-28-15(17)18-7)11(22)19-9-12(23)21-10(14(24)25)6(2-3-16)4-27-13(9)21/h2-3,5,9,13H,4H2,1H3,(H2,17,18)(H,19,22)(H,24,25)/b3-2+,20-8-/t9?,13-/m1/s1. The fourth-order valence-corrected chi connectivity index (χ4v) is 4.77. The van der Waals surface area contributed by atoms with Crippen molar-refractivity contribution >= 4 is 63.3 Å². The van der Waals surface area contributed by atoms with Crippen LogP contribution in [0, 0.1) is 0 Å². The molecule has 3 heterocycles. The molecule has 2 aliphatic rings. The number of rotatable bonds is 6. The van der Waals surface area contributed by atoms with E-state index < -0.39 is 29.2 Å². The summed E-state index contributed by atoms with van der Waals surface area (Å²) >= 11 is 7.99. The van der Waals surface area contributed by atoms with Gasteiger partial charge in [-0.1, -0.05) is 16.8 Å². The first-order chi connectivity index (χ1) is 13.4. The third-order valence-electron chi connectivity index (χ3n) is 3.91. The normalized spacial score (nSPS) is 22.1. The van der Waals surface area contributed by atoms with Crippen molar-refractivity contribution in [2.24, 2.45) is 5.16 Å². The number of hydrogen-bond acceptors (Lipinski definition) is 9. The minimum absolute atomic E-state index is 0.137. The van der Waals surface area contributed by atoms with Crippen molar-refractivity contribution in [3.05, 3.63) is 34.0 Å². The van der Waals surface area contributed by atoms with E-state index in [4.69, 9.17) is 22.2 Å². The van der Waals surface area contributed by atoms with Gasteiger partial charge in [-0.25, -0.2) is 9.78 Å². The van der Waals surface area contributed by atoms with Gasteiger partial charge in [-0.3, -0.25) is 14.5 Å². The lowest BCUT2D eigenvalue weighted by Gasteiger charge is -2.49. The number of thiazole rings is 1. The Morgan fingerprint density at radius 3 is 2.89 bits per heavy atom. The molecule has 0 radical (unpaired) electrons. The average molecular weight is 444 g/mol. The summed E-state index contributed by atoms with van der Waals surface area (Å²) < 4.78 is 0. The van der Waals surface area contributed by atoms with Crippen LogP contribution in [-0.4, -0.2) is 62.8 Å². The molecule has 4 N–H and O–H groups in total. The number of nitrogens with zero attached hydrogens (tertiary/aromatic N) is 3. The number of fused-ring (bicyclic) bond motifs is 1. The number of carbonyl (C=O) groups is 3. The Kier molecular flexibility index (Phi) is 5.91. The predicted molar refractivity (Wildman–Crippen MR) is 105 cm³/mol. The molecule has 1 aromatic rings. The lowest BCUT2D eigenvalue weighted by atomic mass is 10.0. The molecule has 10 nitrogen and oxygen atoms in total. The molecule has 148 valence electrons. The van der Waals surface area contributed by atoms with Crippen LogP contribution in [0.2, 0.25) is 0 Å². The molecule has 0 bridgehead atoms. The number of carbonyl (C=O) groups excluding carboxylic acids is 2. The molecule has 0 aliphatic carbocycles. The van der Waals surface area contributed by atoms with E-state index in [0.717, 1.165) is 16.2 Å². The van der Waals surface area contributed by atoms with Gasteiger partial charge in [0, 0.05) is 16.7 Å². The van der Waals surface area contributed by atoms with Gasteiger partial charge in [-0.15, -0.1) is 23.1 Å². The Hall–Kier alpha value is -2.57. The predicted octanol–water partition coefficient (Wildman–Crippen LogP) is 0.567. The molecule has 0 spiro atoms. The summed E-state index contributed by atoms with van der Waals surface area (Å²) in [5.41, 5.74) is 7.12. The van der Waals surface area contributed by atoms with Crippen LogP contribution >= 0.6 is 34.7 Å². The molecular weight excluding hydrogens is 430 g/mol. The zero-order chi connectivity index (χ0) is 20.4. The number of hydrogen-bond donors (Lipinski definition) is 3. The van der Waals surface area contributed by atoms with Gasteiger partial charge in [0.25, 0.3) is 11.8 Å². The monoisotopic (exact) mass is 443 g/mol. The smallest absolute Gasteiger partial charge is 0.352 e. The Morgan fingerprint density at radius 1 is 1.57 bits per heavy atom. The molecule has 1 fully saturated rings. The topological polar surface area (TPSA) is 147 Å². The molecule has 0 aromatic carbocycles. The molecule has 13 heteroatoms. The van der Waals surface area contributed by atoms with Gasteiger partial charge in [-0.05, 0) is 11.6 Å². The lowest BCUT2D eigenvalue weighted by Crippen LogP contribution is -2.71. The number of nitrogen functional groups attached to an aromatic ring is 1. The number of allylic oxidation sites excluding steroid dienone is 1. The quantitative estimate of drug-likeness (QED) is 0.328. The molecule has 1 aromatic heterocycles. The number of carboxylic acids is 1. The van der Waals surface area contributed by atoms with Crippen molar-refractivity contribution in [2.45, 2.75) is 11.4 Å². The largest absolute Gasteiger partial charge is 0.477 e. The van der Waals surface area contributed by atoms with E-state index in [1.165, 1.54) is 35.9 Å². The minimum Gasteiger partial charge on any atom is -0.477 e. The van der Waals surface area contributed by atoms with E-state index in [-0.39, 0.29) is 22.2 Å². The van der Waals surface area contributed by atoms with Crippen molar-refractivity contribution in [3.63, 3.8) is 0 Å². The Balaban J connectivity index is 1.80. The third-order valence-corrected chi connectivity index (χ3v) is 6.02. The molecule has 2 atom stereocenters. The van der Waals surface area contributed by atoms with Crippen LogP contribution in [0.25, 0.3) is 0 Å². The highest BCUT2D eigenvalue weighted by molar-refractivity contribution is 8.00. The van der Waals surface area contributed by atoms with Gasteiger partial charge < -0.3 is 21.0 Å². The second-order valence-electron chi connectivity index (χ2n) is 5.53. The van der Waals surface area contributed by atoms with E-state index in [0.29, 0.717) is 11.3 Å². The zero-order valence-corrected chi connectivity index (χ0v) is 16.7. The summed E-state index contributed by atoms with van der Waals surface area (Å²) in [4.78, 5) is 46.6. The molecule has 1 unspecified atom stereocenters. The first-order valence-corrected chi connectivity index (χ1v) is 10.1. The number of nitrogens with two attached hydrogens (primary N) is 1. The fourth-order valence-electron chi connectivity index (χ4n) is 2.75. The Bertz CT molecular complexity index is 928. The van der Waals surface area contributed by atoms with Crippen LogP contribution in [0.3, 0.4) is 0 Å². The van der Waals surface area contributed by atoms with E-state index in [2.05, 4.69) is 15.5 Å². The number of thioether (sulfide) groups is 1. The third kappa shape index (κ3) is 3.57. The van der Waals surface area contributed by atoms with Crippen molar-refractivity contribution in [3.8, 4) is 0 Å². The summed E-state index contributed by atoms with van der Waals surface area (Å²) in [7, 11) is 1.27. The summed E-state index contributed by atoms with van der Waals surface area (Å²) in [6, 6.07) is -0.911. The van der Waals surface area contributed by atoms with Gasteiger partial charge in [0.05, 0.1) is 0 Å². The van der Waals surface area contributed by atoms with Gasteiger partial charge in [0.15, 0.2) is 10.8 Å².